The molecule has 0 aromatic heterocycles. The van der Waals surface area contributed by atoms with Crippen molar-refractivity contribution < 1.29 is 0 Å². The topological polar surface area (TPSA) is 15.6 Å². The van der Waals surface area contributed by atoms with Gasteiger partial charge in [0.15, 0.2) is 0 Å². The van der Waals surface area contributed by atoms with E-state index in [4.69, 9.17) is 0 Å². The minimum atomic E-state index is 1.19. The summed E-state index contributed by atoms with van der Waals surface area (Å²) in [6.45, 7) is 0. The number of nitrogens with zero attached hydrogens (tertiary/aromatic N) is 2. The number of anilines is 1. The molecule has 0 saturated carbocycles. The Hall–Kier alpha value is -1.57. The fourth-order valence-corrected chi connectivity index (χ4v) is 1.27. The second kappa shape index (κ2) is 2.81. The second-order valence-corrected chi connectivity index (χ2v) is 2.75. The van der Waals surface area contributed by atoms with Crippen LogP contribution in [0, 0.1) is 0 Å². The highest BCUT2D eigenvalue weighted by molar-refractivity contribution is 5.85. The zero-order valence-corrected chi connectivity index (χ0v) is 6.94. The predicted octanol–water partition coefficient (Wildman–Crippen LogP) is 2.14. The first kappa shape index (κ1) is 7.10. The van der Waals surface area contributed by atoms with Crippen LogP contribution in [0.4, 0.5) is 5.69 Å². The first-order valence-corrected chi connectivity index (χ1v) is 3.89. The number of fused-ring (bicyclic) bond motifs is 1. The Bertz CT molecular complexity index is 339. The summed E-state index contributed by atoms with van der Waals surface area (Å²) in [7, 11) is 2.00. The van der Waals surface area contributed by atoms with Crippen molar-refractivity contribution in [2.75, 3.05) is 11.9 Å². The lowest BCUT2D eigenvalue weighted by molar-refractivity contribution is 1.29. The highest BCUT2D eigenvalue weighted by atomic mass is 15.1. The molecule has 0 spiro atoms. The molecule has 0 radical (unpaired) electrons. The highest BCUT2D eigenvalue weighted by Gasteiger charge is 2.03. The van der Waals surface area contributed by atoms with Gasteiger partial charge in [0.2, 0.25) is 0 Å². The molecule has 2 nitrogen and oxygen atoms in total. The van der Waals surface area contributed by atoms with E-state index in [2.05, 4.69) is 17.1 Å². The summed E-state index contributed by atoms with van der Waals surface area (Å²) in [5.74, 6) is 0. The van der Waals surface area contributed by atoms with Gasteiger partial charge in [-0.2, -0.15) is 0 Å². The van der Waals surface area contributed by atoms with E-state index in [0.29, 0.717) is 0 Å². The molecule has 1 heterocycles. The van der Waals surface area contributed by atoms with Gasteiger partial charge in [-0.15, -0.1) is 0 Å². The lowest BCUT2D eigenvalue weighted by Gasteiger charge is -2.13. The van der Waals surface area contributed by atoms with E-state index in [1.165, 1.54) is 11.3 Å². The van der Waals surface area contributed by atoms with Crippen LogP contribution in [0.1, 0.15) is 5.56 Å². The Morgan fingerprint density at radius 2 is 2.08 bits per heavy atom. The van der Waals surface area contributed by atoms with Crippen LogP contribution in [0.5, 0.6) is 0 Å². The van der Waals surface area contributed by atoms with Crippen molar-refractivity contribution in [3.8, 4) is 0 Å². The fourth-order valence-electron chi connectivity index (χ4n) is 1.27. The maximum Gasteiger partial charge on any atom is 0.0946 e. The van der Waals surface area contributed by atoms with Crippen LogP contribution < -0.4 is 4.90 Å². The number of benzene rings is 1. The third kappa shape index (κ3) is 1.11. The zero-order valence-electron chi connectivity index (χ0n) is 6.94. The van der Waals surface area contributed by atoms with Gasteiger partial charge in [-0.05, 0) is 17.7 Å². The first-order chi connectivity index (χ1) is 5.88. The standard InChI is InChI=1S/C10H10N2/c1-12-8-11-7-6-9-4-2-3-5-10(9)12/h2-8H,1H3. The number of para-hydroxylation sites is 1. The average Bonchev–Trinajstić information content (AvgIpc) is 2.29. The molecule has 0 aliphatic carbocycles. The van der Waals surface area contributed by atoms with Crippen molar-refractivity contribution in [1.82, 2.24) is 0 Å². The van der Waals surface area contributed by atoms with Crippen LogP contribution in [-0.2, 0) is 0 Å². The Kier molecular flexibility index (Phi) is 1.67. The van der Waals surface area contributed by atoms with Gasteiger partial charge in [-0.1, -0.05) is 18.2 Å². The summed E-state index contributed by atoms with van der Waals surface area (Å²) >= 11 is 0. The van der Waals surface area contributed by atoms with Crippen molar-refractivity contribution in [1.29, 1.82) is 0 Å². The molecule has 0 fully saturated rings. The van der Waals surface area contributed by atoms with Crippen molar-refractivity contribution >= 4 is 18.1 Å². The van der Waals surface area contributed by atoms with Gasteiger partial charge < -0.3 is 4.90 Å². The number of rotatable bonds is 0. The Morgan fingerprint density at radius 3 is 3.00 bits per heavy atom. The molecule has 1 aromatic carbocycles. The third-order valence-corrected chi connectivity index (χ3v) is 1.90. The summed E-state index contributed by atoms with van der Waals surface area (Å²) in [6, 6.07) is 8.22. The van der Waals surface area contributed by atoms with Crippen LogP contribution in [0.3, 0.4) is 0 Å². The van der Waals surface area contributed by atoms with Crippen molar-refractivity contribution in [3.05, 3.63) is 36.0 Å². The van der Waals surface area contributed by atoms with E-state index in [9.17, 15) is 0 Å². The normalized spacial score (nSPS) is 14.2. The molecule has 2 heteroatoms. The Labute approximate surface area is 71.9 Å². The van der Waals surface area contributed by atoms with Crippen LogP contribution in [0.15, 0.2) is 35.5 Å². The maximum atomic E-state index is 4.09. The SMILES string of the molecule is CN1C=NC=Cc2ccccc21. The van der Waals surface area contributed by atoms with Crippen molar-refractivity contribution in [3.63, 3.8) is 0 Å². The molecule has 2 rings (SSSR count). The van der Waals surface area contributed by atoms with E-state index in [-0.39, 0.29) is 0 Å². The first-order valence-electron chi connectivity index (χ1n) is 3.89. The average molecular weight is 158 g/mol. The summed E-state index contributed by atoms with van der Waals surface area (Å²) in [5, 5.41) is 0. The van der Waals surface area contributed by atoms with E-state index in [1.807, 2.05) is 42.7 Å². The van der Waals surface area contributed by atoms with E-state index < -0.39 is 0 Å². The molecule has 12 heavy (non-hydrogen) atoms. The molecule has 0 bridgehead atoms. The lowest BCUT2D eigenvalue weighted by Crippen LogP contribution is -2.13. The minimum Gasteiger partial charge on any atom is -0.335 e. The summed E-state index contributed by atoms with van der Waals surface area (Å²) < 4.78 is 0. The van der Waals surface area contributed by atoms with Gasteiger partial charge in [0.05, 0.1) is 6.34 Å². The third-order valence-electron chi connectivity index (χ3n) is 1.90. The molecular weight excluding hydrogens is 148 g/mol. The van der Waals surface area contributed by atoms with E-state index in [1.54, 1.807) is 0 Å². The van der Waals surface area contributed by atoms with E-state index >= 15 is 0 Å². The van der Waals surface area contributed by atoms with Crippen molar-refractivity contribution in [2.24, 2.45) is 4.99 Å². The Morgan fingerprint density at radius 1 is 1.25 bits per heavy atom. The molecule has 1 aliphatic heterocycles. The lowest BCUT2D eigenvalue weighted by atomic mass is 10.1. The molecule has 1 aromatic rings. The molecule has 0 atom stereocenters. The van der Waals surface area contributed by atoms with Crippen LogP contribution in [-0.4, -0.2) is 13.4 Å². The smallest absolute Gasteiger partial charge is 0.0946 e. The van der Waals surface area contributed by atoms with Crippen LogP contribution in [0.25, 0.3) is 6.08 Å². The fraction of sp³-hybridized carbons (Fsp3) is 0.100. The van der Waals surface area contributed by atoms with Gasteiger partial charge >= 0.3 is 0 Å². The molecule has 0 amide bonds. The molecule has 0 unspecified atom stereocenters. The monoisotopic (exact) mass is 158 g/mol. The van der Waals surface area contributed by atoms with Gasteiger partial charge in [0, 0.05) is 18.9 Å². The summed E-state index contributed by atoms with van der Waals surface area (Å²) in [4.78, 5) is 6.10. The number of hydrogen-bond donors (Lipinski definition) is 0. The van der Waals surface area contributed by atoms with Gasteiger partial charge in [0.25, 0.3) is 0 Å². The zero-order chi connectivity index (χ0) is 8.39. The van der Waals surface area contributed by atoms with Crippen LogP contribution in [0.2, 0.25) is 0 Å². The second-order valence-electron chi connectivity index (χ2n) is 2.75. The molecule has 60 valence electrons. The molecule has 0 saturated heterocycles. The summed E-state index contributed by atoms with van der Waals surface area (Å²) in [5.41, 5.74) is 2.40. The van der Waals surface area contributed by atoms with Crippen LogP contribution >= 0.6 is 0 Å². The van der Waals surface area contributed by atoms with Gasteiger partial charge in [0.1, 0.15) is 0 Å². The van der Waals surface area contributed by atoms with E-state index in [0.717, 1.165) is 0 Å². The van der Waals surface area contributed by atoms with Gasteiger partial charge in [-0.25, -0.2) is 4.99 Å². The molecule has 1 aliphatic rings. The Balaban J connectivity index is 2.56. The summed E-state index contributed by atoms with van der Waals surface area (Å²) in [6.07, 6.45) is 5.62. The minimum absolute atomic E-state index is 1.19. The predicted molar refractivity (Wildman–Crippen MR) is 52.4 cm³/mol. The van der Waals surface area contributed by atoms with Crippen molar-refractivity contribution in [2.45, 2.75) is 0 Å². The van der Waals surface area contributed by atoms with Gasteiger partial charge in [-0.3, -0.25) is 0 Å². The quantitative estimate of drug-likeness (QED) is 0.564. The molecular formula is C10H10N2. The highest BCUT2D eigenvalue weighted by Crippen LogP contribution is 2.20. The number of hydrogen-bond acceptors (Lipinski definition) is 2. The maximum absolute atomic E-state index is 4.09. The largest absolute Gasteiger partial charge is 0.335 e. The number of aliphatic imine (C=N–C) groups is 1. The molecule has 0 N–H and O–H groups in total.